The summed E-state index contributed by atoms with van der Waals surface area (Å²) >= 11 is 0. The van der Waals surface area contributed by atoms with Crippen LogP contribution < -0.4 is 16.6 Å². The van der Waals surface area contributed by atoms with Gasteiger partial charge in [0.05, 0.1) is 6.61 Å². The van der Waals surface area contributed by atoms with Crippen molar-refractivity contribution in [3.05, 3.63) is 62.4 Å². The summed E-state index contributed by atoms with van der Waals surface area (Å²) in [6, 6.07) is 7.65. The number of aliphatic hydroxyl groups excluding tert-OH is 1. The molecule has 1 amide bonds. The van der Waals surface area contributed by atoms with Crippen LogP contribution in [0.5, 0.6) is 0 Å². The second kappa shape index (κ2) is 5.32. The molecule has 0 fully saturated rings. The molecule has 2 rings (SSSR count). The van der Waals surface area contributed by atoms with Crippen molar-refractivity contribution in [3.63, 3.8) is 0 Å². The summed E-state index contributed by atoms with van der Waals surface area (Å²) in [4.78, 5) is 38.2. The minimum absolute atomic E-state index is 0.151. The number of carbonyl (C=O) groups excluding carboxylic acids is 1. The predicted octanol–water partition coefficient (Wildman–Crippen LogP) is -0.192. The molecule has 0 unspecified atom stereocenters. The van der Waals surface area contributed by atoms with Crippen LogP contribution >= 0.6 is 0 Å². The summed E-state index contributed by atoms with van der Waals surface area (Å²) in [5.74, 6) is -0.635. The molecule has 0 radical (unpaired) electrons. The third kappa shape index (κ3) is 2.96. The largest absolute Gasteiger partial charge is 0.392 e. The first-order valence-electron chi connectivity index (χ1n) is 5.44. The highest BCUT2D eigenvalue weighted by atomic mass is 16.3. The van der Waals surface area contributed by atoms with E-state index in [9.17, 15) is 14.4 Å². The molecule has 4 N–H and O–H groups in total. The van der Waals surface area contributed by atoms with Gasteiger partial charge in [-0.15, -0.1) is 0 Å². The van der Waals surface area contributed by atoms with Gasteiger partial charge in [-0.3, -0.25) is 14.6 Å². The Kier molecular flexibility index (Phi) is 3.58. The number of aliphatic hydroxyl groups is 1. The maximum absolute atomic E-state index is 11.9. The second-order valence-corrected chi connectivity index (χ2v) is 3.77. The van der Waals surface area contributed by atoms with Crippen LogP contribution in [-0.4, -0.2) is 21.0 Å². The summed E-state index contributed by atoms with van der Waals surface area (Å²) in [6.45, 7) is -0.234. The minimum Gasteiger partial charge on any atom is -0.392 e. The van der Waals surface area contributed by atoms with Crippen molar-refractivity contribution in [2.75, 3.05) is 5.32 Å². The molecule has 1 heterocycles. The summed E-state index contributed by atoms with van der Waals surface area (Å²) in [5.41, 5.74) is -0.627. The molecule has 0 aliphatic rings. The molecule has 1 aromatic heterocycles. The number of nitrogens with one attached hydrogen (secondary N) is 3. The number of hydrogen-bond donors (Lipinski definition) is 4. The lowest BCUT2D eigenvalue weighted by molar-refractivity contribution is 0.102. The zero-order valence-corrected chi connectivity index (χ0v) is 9.77. The summed E-state index contributed by atoms with van der Waals surface area (Å²) in [7, 11) is 0. The van der Waals surface area contributed by atoms with Crippen LogP contribution in [0.15, 0.2) is 39.9 Å². The maximum atomic E-state index is 11.9. The molecule has 1 aromatic carbocycles. The van der Waals surface area contributed by atoms with Gasteiger partial charge >= 0.3 is 5.69 Å². The fraction of sp³-hybridized carbons (Fsp3) is 0.0833. The molecule has 19 heavy (non-hydrogen) atoms. The van der Waals surface area contributed by atoms with Gasteiger partial charge in [0.2, 0.25) is 0 Å². The Balaban J connectivity index is 2.30. The van der Waals surface area contributed by atoms with Gasteiger partial charge < -0.3 is 15.4 Å². The average Bonchev–Trinajstić information content (AvgIpc) is 2.38. The van der Waals surface area contributed by atoms with E-state index in [0.29, 0.717) is 11.3 Å². The van der Waals surface area contributed by atoms with Crippen LogP contribution in [0.1, 0.15) is 16.1 Å². The SMILES string of the molecule is O=C(Nc1ccccc1CO)c1cc(=O)[nH]c(=O)[nH]1. The van der Waals surface area contributed by atoms with Gasteiger partial charge in [-0.25, -0.2) is 4.79 Å². The molecular weight excluding hydrogens is 250 g/mol. The van der Waals surface area contributed by atoms with Gasteiger partial charge in [0.1, 0.15) is 5.69 Å². The number of H-pyrrole nitrogens is 2. The van der Waals surface area contributed by atoms with Gasteiger partial charge in [0.15, 0.2) is 0 Å². The Hall–Kier alpha value is -2.67. The van der Waals surface area contributed by atoms with E-state index in [0.717, 1.165) is 6.07 Å². The first-order valence-corrected chi connectivity index (χ1v) is 5.44. The van der Waals surface area contributed by atoms with Crippen molar-refractivity contribution in [2.45, 2.75) is 6.61 Å². The number of carbonyl (C=O) groups is 1. The Morgan fingerprint density at radius 2 is 1.95 bits per heavy atom. The van der Waals surface area contributed by atoms with Crippen LogP contribution in [-0.2, 0) is 6.61 Å². The fourth-order valence-corrected chi connectivity index (χ4v) is 1.56. The highest BCUT2D eigenvalue weighted by Gasteiger charge is 2.10. The molecule has 2 aromatic rings. The molecule has 0 atom stereocenters. The lowest BCUT2D eigenvalue weighted by Crippen LogP contribution is -2.27. The number of para-hydroxylation sites is 1. The lowest BCUT2D eigenvalue weighted by atomic mass is 10.2. The van der Waals surface area contributed by atoms with Crippen LogP contribution in [0.4, 0.5) is 5.69 Å². The minimum atomic E-state index is -0.756. The number of amides is 1. The van der Waals surface area contributed by atoms with Crippen molar-refractivity contribution in [3.8, 4) is 0 Å². The molecule has 98 valence electrons. The molecule has 0 saturated heterocycles. The number of benzene rings is 1. The van der Waals surface area contributed by atoms with E-state index in [4.69, 9.17) is 5.11 Å². The quantitative estimate of drug-likeness (QED) is 0.612. The smallest absolute Gasteiger partial charge is 0.326 e. The van der Waals surface area contributed by atoms with Gasteiger partial charge in [-0.1, -0.05) is 18.2 Å². The first-order chi connectivity index (χ1) is 9.10. The normalized spacial score (nSPS) is 10.2. The fourth-order valence-electron chi connectivity index (χ4n) is 1.56. The number of anilines is 1. The number of aromatic amines is 2. The van der Waals surface area contributed by atoms with E-state index in [2.05, 4.69) is 10.3 Å². The highest BCUT2D eigenvalue weighted by Crippen LogP contribution is 2.15. The maximum Gasteiger partial charge on any atom is 0.326 e. The topological polar surface area (TPSA) is 115 Å². The van der Waals surface area contributed by atoms with Crippen molar-refractivity contribution >= 4 is 11.6 Å². The summed E-state index contributed by atoms with van der Waals surface area (Å²) in [6.07, 6.45) is 0. The lowest BCUT2D eigenvalue weighted by Gasteiger charge is -2.08. The Bertz CT molecular complexity index is 689. The van der Waals surface area contributed by atoms with Crippen molar-refractivity contribution in [1.82, 2.24) is 9.97 Å². The molecule has 7 heteroatoms. The molecule has 0 spiro atoms. The van der Waals surface area contributed by atoms with E-state index in [1.165, 1.54) is 0 Å². The van der Waals surface area contributed by atoms with Crippen LogP contribution in [0, 0.1) is 0 Å². The molecule has 0 bridgehead atoms. The second-order valence-electron chi connectivity index (χ2n) is 3.77. The molecular formula is C12H11N3O4. The van der Waals surface area contributed by atoms with Crippen molar-refractivity contribution in [2.24, 2.45) is 0 Å². The van der Waals surface area contributed by atoms with Crippen LogP contribution in [0.25, 0.3) is 0 Å². The highest BCUT2D eigenvalue weighted by molar-refractivity contribution is 6.03. The zero-order chi connectivity index (χ0) is 13.8. The monoisotopic (exact) mass is 261 g/mol. The average molecular weight is 261 g/mol. The van der Waals surface area contributed by atoms with Crippen LogP contribution in [0.2, 0.25) is 0 Å². The van der Waals surface area contributed by atoms with E-state index in [1.807, 2.05) is 4.98 Å². The standard InChI is InChI=1S/C12H11N3O4/c16-6-7-3-1-2-4-8(7)13-11(18)9-5-10(17)15-12(19)14-9/h1-5,16H,6H2,(H,13,18)(H2,14,15,17,19). The number of aromatic nitrogens is 2. The first kappa shape index (κ1) is 12.8. The number of hydrogen-bond acceptors (Lipinski definition) is 4. The van der Waals surface area contributed by atoms with Gasteiger partial charge in [0.25, 0.3) is 11.5 Å². The Morgan fingerprint density at radius 3 is 2.63 bits per heavy atom. The third-order valence-electron chi connectivity index (χ3n) is 2.44. The summed E-state index contributed by atoms with van der Waals surface area (Å²) in [5, 5.41) is 11.6. The Labute approximate surface area is 106 Å². The zero-order valence-electron chi connectivity index (χ0n) is 9.77. The van der Waals surface area contributed by atoms with E-state index in [-0.39, 0.29) is 12.3 Å². The third-order valence-corrected chi connectivity index (χ3v) is 2.44. The van der Waals surface area contributed by atoms with Gasteiger partial charge in [-0.05, 0) is 6.07 Å². The number of rotatable bonds is 3. The molecule has 0 aliphatic heterocycles. The molecule has 7 nitrogen and oxygen atoms in total. The van der Waals surface area contributed by atoms with Crippen LogP contribution in [0.3, 0.4) is 0 Å². The van der Waals surface area contributed by atoms with Crippen molar-refractivity contribution < 1.29 is 9.90 Å². The van der Waals surface area contributed by atoms with Crippen molar-refractivity contribution in [1.29, 1.82) is 0 Å². The summed E-state index contributed by atoms with van der Waals surface area (Å²) < 4.78 is 0. The van der Waals surface area contributed by atoms with Gasteiger partial charge in [-0.2, -0.15) is 0 Å². The van der Waals surface area contributed by atoms with E-state index in [1.54, 1.807) is 24.3 Å². The molecule has 0 saturated carbocycles. The van der Waals surface area contributed by atoms with E-state index >= 15 is 0 Å². The predicted molar refractivity (Wildman–Crippen MR) is 68.0 cm³/mol. The molecule has 0 aliphatic carbocycles. The van der Waals surface area contributed by atoms with Gasteiger partial charge in [0, 0.05) is 17.3 Å². The Morgan fingerprint density at radius 1 is 1.21 bits per heavy atom. The van der Waals surface area contributed by atoms with E-state index < -0.39 is 17.2 Å².